The predicted molar refractivity (Wildman–Crippen MR) is 103 cm³/mol. The van der Waals surface area contributed by atoms with E-state index in [4.69, 9.17) is 4.74 Å². The molecule has 0 aliphatic carbocycles. The molecular formula is C14H26F3IN4O3S. The van der Waals surface area contributed by atoms with E-state index in [2.05, 4.69) is 22.5 Å². The second kappa shape index (κ2) is 9.24. The molecule has 2 heterocycles. The van der Waals surface area contributed by atoms with Crippen molar-refractivity contribution >= 4 is 40.0 Å². The molecule has 0 atom stereocenters. The van der Waals surface area contributed by atoms with Crippen LogP contribution in [0.25, 0.3) is 0 Å². The fourth-order valence-electron chi connectivity index (χ4n) is 2.81. The number of guanidine groups is 1. The van der Waals surface area contributed by atoms with E-state index >= 15 is 0 Å². The van der Waals surface area contributed by atoms with E-state index in [1.807, 2.05) is 0 Å². The zero-order valence-electron chi connectivity index (χ0n) is 14.8. The first-order valence-electron chi connectivity index (χ1n) is 8.16. The van der Waals surface area contributed by atoms with Gasteiger partial charge in [0.1, 0.15) is 0 Å². The SMILES string of the molecule is CN=C(NCC1CCN(S(=O)(=O)C(F)(F)F)CC1)NCC1(C)COC1.I. The molecule has 0 unspecified atom stereocenters. The Hall–Kier alpha value is -0.340. The van der Waals surface area contributed by atoms with Gasteiger partial charge in [-0.1, -0.05) is 6.92 Å². The average Bonchev–Trinajstić information content (AvgIpc) is 2.52. The summed E-state index contributed by atoms with van der Waals surface area (Å²) in [6.07, 6.45) is 0.760. The van der Waals surface area contributed by atoms with Crippen molar-refractivity contribution in [1.29, 1.82) is 0 Å². The molecule has 26 heavy (non-hydrogen) atoms. The van der Waals surface area contributed by atoms with Crippen molar-refractivity contribution in [2.75, 3.05) is 46.4 Å². The molecule has 0 aromatic heterocycles. The number of ether oxygens (including phenoxy) is 1. The van der Waals surface area contributed by atoms with Crippen LogP contribution in [0, 0.1) is 11.3 Å². The number of nitrogens with one attached hydrogen (secondary N) is 2. The highest BCUT2D eigenvalue weighted by Gasteiger charge is 2.50. The molecule has 7 nitrogen and oxygen atoms in total. The molecule has 2 rings (SSSR count). The lowest BCUT2D eigenvalue weighted by Gasteiger charge is -2.38. The van der Waals surface area contributed by atoms with Gasteiger partial charge in [0.2, 0.25) is 0 Å². The number of rotatable bonds is 5. The molecule has 0 amide bonds. The van der Waals surface area contributed by atoms with Crippen LogP contribution in [0.1, 0.15) is 19.8 Å². The van der Waals surface area contributed by atoms with Crippen molar-refractivity contribution in [2.24, 2.45) is 16.3 Å². The summed E-state index contributed by atoms with van der Waals surface area (Å²) in [5.74, 6) is 0.722. The Labute approximate surface area is 169 Å². The second-order valence-electron chi connectivity index (χ2n) is 6.90. The average molecular weight is 514 g/mol. The first-order chi connectivity index (χ1) is 11.6. The normalized spacial score (nSPS) is 22.3. The molecule has 2 saturated heterocycles. The van der Waals surface area contributed by atoms with Crippen molar-refractivity contribution in [3.8, 4) is 0 Å². The number of halogens is 4. The first-order valence-corrected chi connectivity index (χ1v) is 9.60. The molecule has 2 aliphatic heterocycles. The van der Waals surface area contributed by atoms with Crippen molar-refractivity contribution < 1.29 is 26.3 Å². The highest BCUT2D eigenvalue weighted by Crippen LogP contribution is 2.30. The Morgan fingerprint density at radius 3 is 2.27 bits per heavy atom. The third-order valence-electron chi connectivity index (χ3n) is 4.57. The summed E-state index contributed by atoms with van der Waals surface area (Å²) in [5.41, 5.74) is -5.14. The number of alkyl halides is 3. The summed E-state index contributed by atoms with van der Waals surface area (Å²) in [5, 5.41) is 6.36. The number of nitrogens with zero attached hydrogens (tertiary/aromatic N) is 2. The molecule has 2 fully saturated rings. The number of hydrogen-bond donors (Lipinski definition) is 2. The summed E-state index contributed by atoms with van der Waals surface area (Å²) in [7, 11) is -3.57. The fraction of sp³-hybridized carbons (Fsp3) is 0.929. The first kappa shape index (κ1) is 23.7. The molecule has 0 aromatic carbocycles. The minimum absolute atomic E-state index is 0. The topological polar surface area (TPSA) is 83.0 Å². The molecule has 0 saturated carbocycles. The molecule has 12 heteroatoms. The molecule has 0 spiro atoms. The number of sulfonamides is 1. The van der Waals surface area contributed by atoms with Crippen LogP contribution in [-0.4, -0.2) is 70.6 Å². The van der Waals surface area contributed by atoms with Gasteiger partial charge in [-0.15, -0.1) is 24.0 Å². The molecule has 154 valence electrons. The highest BCUT2D eigenvalue weighted by atomic mass is 127. The van der Waals surface area contributed by atoms with E-state index < -0.39 is 15.5 Å². The van der Waals surface area contributed by atoms with Gasteiger partial charge >= 0.3 is 15.5 Å². The smallest absolute Gasteiger partial charge is 0.380 e. The Bertz CT molecular complexity index is 589. The largest absolute Gasteiger partial charge is 0.511 e. The molecule has 0 aromatic rings. The summed E-state index contributed by atoms with van der Waals surface area (Å²) in [4.78, 5) is 4.12. The minimum Gasteiger partial charge on any atom is -0.380 e. The van der Waals surface area contributed by atoms with Gasteiger partial charge in [-0.25, -0.2) is 8.42 Å². The minimum atomic E-state index is -5.23. The van der Waals surface area contributed by atoms with Crippen LogP contribution in [0.15, 0.2) is 4.99 Å². The van der Waals surface area contributed by atoms with Crippen LogP contribution in [0.5, 0.6) is 0 Å². The lowest BCUT2D eigenvalue weighted by atomic mass is 9.89. The van der Waals surface area contributed by atoms with Crippen LogP contribution < -0.4 is 10.6 Å². The van der Waals surface area contributed by atoms with Crippen molar-refractivity contribution in [3.63, 3.8) is 0 Å². The van der Waals surface area contributed by atoms with Crippen LogP contribution in [0.3, 0.4) is 0 Å². The van der Waals surface area contributed by atoms with Gasteiger partial charge in [0.25, 0.3) is 0 Å². The van der Waals surface area contributed by atoms with Gasteiger partial charge in [0.05, 0.1) is 13.2 Å². The Balaban J connectivity index is 0.00000338. The Morgan fingerprint density at radius 2 is 1.85 bits per heavy atom. The highest BCUT2D eigenvalue weighted by molar-refractivity contribution is 14.0. The lowest BCUT2D eigenvalue weighted by molar-refractivity contribution is -0.0971. The van der Waals surface area contributed by atoms with E-state index in [0.29, 0.717) is 42.9 Å². The summed E-state index contributed by atoms with van der Waals surface area (Å²) in [6, 6.07) is 0. The maximum absolute atomic E-state index is 12.6. The number of piperidine rings is 1. The summed E-state index contributed by atoms with van der Waals surface area (Å²) < 4.78 is 66.1. The van der Waals surface area contributed by atoms with Gasteiger partial charge in [0.15, 0.2) is 5.96 Å². The molecule has 0 bridgehead atoms. The van der Waals surface area contributed by atoms with Crippen molar-refractivity contribution in [1.82, 2.24) is 14.9 Å². The predicted octanol–water partition coefficient (Wildman–Crippen LogP) is 1.37. The van der Waals surface area contributed by atoms with E-state index in [1.165, 1.54) is 0 Å². The van der Waals surface area contributed by atoms with Gasteiger partial charge in [0, 0.05) is 38.6 Å². The monoisotopic (exact) mass is 514 g/mol. The standard InChI is InChI=1S/C14H25F3N4O3S.HI/c1-13(9-24-10-13)8-20-12(18-2)19-7-11-3-5-21(6-4-11)25(22,23)14(15,16)17;/h11H,3-10H2,1-2H3,(H2,18,19,20);1H. The quantitative estimate of drug-likeness (QED) is 0.329. The van der Waals surface area contributed by atoms with Crippen LogP contribution in [0.4, 0.5) is 13.2 Å². The third-order valence-corrected chi connectivity index (χ3v) is 6.20. The number of hydrogen-bond acceptors (Lipinski definition) is 4. The molecular weight excluding hydrogens is 488 g/mol. The van der Waals surface area contributed by atoms with Crippen LogP contribution in [0.2, 0.25) is 0 Å². The van der Waals surface area contributed by atoms with E-state index in [1.54, 1.807) is 7.05 Å². The lowest BCUT2D eigenvalue weighted by Crippen LogP contribution is -2.52. The third kappa shape index (κ3) is 5.83. The molecule has 2 N–H and O–H groups in total. The summed E-state index contributed by atoms with van der Waals surface area (Å²) >= 11 is 0. The second-order valence-corrected chi connectivity index (χ2v) is 8.83. The zero-order valence-corrected chi connectivity index (χ0v) is 18.0. The van der Waals surface area contributed by atoms with Gasteiger partial charge in [-0.05, 0) is 18.8 Å². The maximum atomic E-state index is 12.6. The number of aliphatic imine (C=N–C) groups is 1. The van der Waals surface area contributed by atoms with Crippen molar-refractivity contribution in [3.05, 3.63) is 0 Å². The van der Waals surface area contributed by atoms with Gasteiger partial charge < -0.3 is 15.4 Å². The Morgan fingerprint density at radius 1 is 1.27 bits per heavy atom. The van der Waals surface area contributed by atoms with Crippen molar-refractivity contribution in [2.45, 2.75) is 25.3 Å². The van der Waals surface area contributed by atoms with Crippen LogP contribution >= 0.6 is 24.0 Å². The molecule has 0 radical (unpaired) electrons. The van der Waals surface area contributed by atoms with E-state index in [-0.39, 0.29) is 48.4 Å². The fourth-order valence-corrected chi connectivity index (χ4v) is 3.80. The van der Waals surface area contributed by atoms with Crippen LogP contribution in [-0.2, 0) is 14.8 Å². The van der Waals surface area contributed by atoms with Gasteiger partial charge in [-0.2, -0.15) is 17.5 Å². The zero-order chi connectivity index (χ0) is 18.7. The molecule has 2 aliphatic rings. The Kier molecular flexibility index (Phi) is 8.42. The maximum Gasteiger partial charge on any atom is 0.511 e. The van der Waals surface area contributed by atoms with Gasteiger partial charge in [-0.3, -0.25) is 4.99 Å². The van der Waals surface area contributed by atoms with E-state index in [9.17, 15) is 21.6 Å². The summed E-state index contributed by atoms with van der Waals surface area (Å²) in [6.45, 7) is 4.52. The van der Waals surface area contributed by atoms with E-state index in [0.717, 1.165) is 6.54 Å².